The highest BCUT2D eigenvalue weighted by molar-refractivity contribution is 5.93. The van der Waals surface area contributed by atoms with Gasteiger partial charge in [0.25, 0.3) is 11.7 Å². The average Bonchev–Trinajstić information content (AvgIpc) is 2.74. The molecule has 0 radical (unpaired) electrons. The third-order valence-electron chi connectivity index (χ3n) is 2.35. The number of nitrogens with zero attached hydrogens (tertiary/aromatic N) is 4. The molecule has 0 saturated heterocycles. The third kappa shape index (κ3) is 2.12. The van der Waals surface area contributed by atoms with E-state index in [1.807, 2.05) is 0 Å². The molecule has 2 aromatic heterocycles. The van der Waals surface area contributed by atoms with Crippen molar-refractivity contribution in [2.45, 2.75) is 19.9 Å². The highest BCUT2D eigenvalue weighted by atomic mass is 16.4. The molecule has 1 amide bonds. The number of aromatic nitrogens is 4. The molecular weight excluding hydrogens is 238 g/mol. The number of fused-ring (bicyclic) bond motifs is 1. The number of nitrogens with one attached hydrogen (secondary N) is 1. The van der Waals surface area contributed by atoms with E-state index in [4.69, 9.17) is 5.11 Å². The fraction of sp³-hybridized carbons (Fsp3) is 0.300. The van der Waals surface area contributed by atoms with E-state index in [-0.39, 0.29) is 5.82 Å². The lowest BCUT2D eigenvalue weighted by Crippen LogP contribution is -2.38. The molecule has 2 N–H and O–H groups in total. The Balaban J connectivity index is 2.29. The molecule has 0 aliphatic carbocycles. The smallest absolute Gasteiger partial charge is 0.325 e. The first kappa shape index (κ1) is 12.0. The molecule has 2 heterocycles. The first-order chi connectivity index (χ1) is 8.49. The Labute approximate surface area is 102 Å². The SMILES string of the molecule is Cc1ccnc2nc(C(=O)N[C@@H](C)C(=O)O)nn12. The Morgan fingerprint density at radius 2 is 2.22 bits per heavy atom. The van der Waals surface area contributed by atoms with E-state index in [2.05, 4.69) is 20.4 Å². The van der Waals surface area contributed by atoms with Crippen molar-refractivity contribution in [1.82, 2.24) is 24.9 Å². The van der Waals surface area contributed by atoms with Gasteiger partial charge in [0.1, 0.15) is 6.04 Å². The summed E-state index contributed by atoms with van der Waals surface area (Å²) in [5, 5.41) is 14.9. The predicted octanol–water partition coefficient (Wildman–Crippen LogP) is -0.364. The number of rotatable bonds is 3. The lowest BCUT2D eigenvalue weighted by molar-refractivity contribution is -0.138. The standard InChI is InChI=1S/C10H11N5O3/c1-5-3-4-11-10-13-7(14-15(5)10)8(16)12-6(2)9(17)18/h3-4,6H,1-2H3,(H,12,16)(H,17,18)/t6-/m0/s1. The van der Waals surface area contributed by atoms with Crippen molar-refractivity contribution in [1.29, 1.82) is 0 Å². The molecule has 2 aromatic rings. The van der Waals surface area contributed by atoms with Crippen LogP contribution in [0.1, 0.15) is 23.2 Å². The molecule has 8 heteroatoms. The van der Waals surface area contributed by atoms with Gasteiger partial charge in [-0.1, -0.05) is 0 Å². The maximum absolute atomic E-state index is 11.7. The molecule has 94 valence electrons. The van der Waals surface area contributed by atoms with Crippen molar-refractivity contribution in [3.8, 4) is 0 Å². The largest absolute Gasteiger partial charge is 0.480 e. The van der Waals surface area contributed by atoms with Gasteiger partial charge in [0.15, 0.2) is 0 Å². The number of carboxylic acids is 1. The average molecular weight is 249 g/mol. The Morgan fingerprint density at radius 3 is 2.83 bits per heavy atom. The second-order valence-electron chi connectivity index (χ2n) is 3.77. The molecule has 2 rings (SSSR count). The minimum atomic E-state index is -1.12. The summed E-state index contributed by atoms with van der Waals surface area (Å²) in [6, 6.07) is 0.724. The maximum atomic E-state index is 11.7. The highest BCUT2D eigenvalue weighted by Crippen LogP contribution is 2.02. The predicted molar refractivity (Wildman–Crippen MR) is 60.1 cm³/mol. The minimum absolute atomic E-state index is 0.107. The van der Waals surface area contributed by atoms with Crippen molar-refractivity contribution in [3.63, 3.8) is 0 Å². The van der Waals surface area contributed by atoms with E-state index in [1.165, 1.54) is 11.4 Å². The summed E-state index contributed by atoms with van der Waals surface area (Å²) in [6.45, 7) is 3.16. The van der Waals surface area contributed by atoms with Crippen LogP contribution in [0, 0.1) is 6.92 Å². The van der Waals surface area contributed by atoms with Crippen molar-refractivity contribution in [2.24, 2.45) is 0 Å². The molecule has 0 aliphatic heterocycles. The first-order valence-electron chi connectivity index (χ1n) is 5.21. The quantitative estimate of drug-likeness (QED) is 0.768. The number of amides is 1. The van der Waals surface area contributed by atoms with E-state index in [0.29, 0.717) is 5.78 Å². The summed E-state index contributed by atoms with van der Waals surface area (Å²) in [7, 11) is 0. The number of hydrogen-bond donors (Lipinski definition) is 2. The van der Waals surface area contributed by atoms with Crippen LogP contribution in [0.4, 0.5) is 0 Å². The van der Waals surface area contributed by atoms with Gasteiger partial charge in [-0.2, -0.15) is 4.98 Å². The van der Waals surface area contributed by atoms with Crippen molar-refractivity contribution in [2.75, 3.05) is 0 Å². The summed E-state index contributed by atoms with van der Waals surface area (Å²) in [5.41, 5.74) is 0.776. The van der Waals surface area contributed by atoms with Gasteiger partial charge in [-0.25, -0.2) is 9.50 Å². The zero-order chi connectivity index (χ0) is 13.3. The van der Waals surface area contributed by atoms with Gasteiger partial charge in [-0.3, -0.25) is 9.59 Å². The summed E-state index contributed by atoms with van der Waals surface area (Å²) in [6.07, 6.45) is 1.56. The molecule has 8 nitrogen and oxygen atoms in total. The van der Waals surface area contributed by atoms with E-state index < -0.39 is 17.9 Å². The maximum Gasteiger partial charge on any atom is 0.325 e. The Kier molecular flexibility index (Phi) is 2.92. The number of aryl methyl sites for hydroxylation is 1. The summed E-state index contributed by atoms with van der Waals surface area (Å²) < 4.78 is 1.42. The zero-order valence-electron chi connectivity index (χ0n) is 9.78. The van der Waals surface area contributed by atoms with Crippen LogP contribution in [0.15, 0.2) is 12.3 Å². The number of aliphatic carboxylic acids is 1. The zero-order valence-corrected chi connectivity index (χ0v) is 9.78. The van der Waals surface area contributed by atoms with Crippen LogP contribution in [0.25, 0.3) is 5.78 Å². The van der Waals surface area contributed by atoms with Crippen molar-refractivity contribution < 1.29 is 14.7 Å². The molecule has 0 unspecified atom stereocenters. The van der Waals surface area contributed by atoms with Crippen LogP contribution in [-0.4, -0.2) is 42.6 Å². The number of carboxylic acid groups (broad SMARTS) is 1. The van der Waals surface area contributed by atoms with Crippen molar-refractivity contribution >= 4 is 17.7 Å². The Hall–Kier alpha value is -2.51. The van der Waals surface area contributed by atoms with Gasteiger partial charge < -0.3 is 10.4 Å². The van der Waals surface area contributed by atoms with Gasteiger partial charge in [-0.15, -0.1) is 5.10 Å². The molecule has 1 atom stereocenters. The first-order valence-corrected chi connectivity index (χ1v) is 5.21. The van der Waals surface area contributed by atoms with E-state index in [1.54, 1.807) is 19.2 Å². The molecule has 0 spiro atoms. The van der Waals surface area contributed by atoms with E-state index >= 15 is 0 Å². The summed E-state index contributed by atoms with van der Waals surface area (Å²) in [4.78, 5) is 30.2. The van der Waals surface area contributed by atoms with Crippen LogP contribution in [0.3, 0.4) is 0 Å². The van der Waals surface area contributed by atoms with Gasteiger partial charge in [-0.05, 0) is 19.9 Å². The normalized spacial score (nSPS) is 12.3. The molecule has 0 aromatic carbocycles. The van der Waals surface area contributed by atoms with E-state index in [0.717, 1.165) is 5.69 Å². The van der Waals surface area contributed by atoms with Crippen molar-refractivity contribution in [3.05, 3.63) is 23.8 Å². The second-order valence-corrected chi connectivity index (χ2v) is 3.77. The Bertz CT molecular complexity index is 621. The molecule has 0 bridgehead atoms. The topological polar surface area (TPSA) is 109 Å². The lowest BCUT2D eigenvalue weighted by Gasteiger charge is -2.05. The van der Waals surface area contributed by atoms with Crippen LogP contribution < -0.4 is 5.32 Å². The second kappa shape index (κ2) is 4.40. The van der Waals surface area contributed by atoms with Crippen LogP contribution in [0.5, 0.6) is 0 Å². The van der Waals surface area contributed by atoms with Crippen LogP contribution in [0.2, 0.25) is 0 Å². The Morgan fingerprint density at radius 1 is 1.50 bits per heavy atom. The van der Waals surface area contributed by atoms with Crippen LogP contribution >= 0.6 is 0 Å². The van der Waals surface area contributed by atoms with Gasteiger partial charge >= 0.3 is 5.97 Å². The number of carbonyl (C=O) groups is 2. The number of carbonyl (C=O) groups excluding carboxylic acids is 1. The molecule has 0 aliphatic rings. The summed E-state index contributed by atoms with van der Waals surface area (Å²) in [5.74, 6) is -1.58. The van der Waals surface area contributed by atoms with E-state index in [9.17, 15) is 9.59 Å². The van der Waals surface area contributed by atoms with Gasteiger partial charge in [0, 0.05) is 11.9 Å². The molecular formula is C10H11N5O3. The third-order valence-corrected chi connectivity index (χ3v) is 2.35. The highest BCUT2D eigenvalue weighted by Gasteiger charge is 2.19. The number of hydrogen-bond acceptors (Lipinski definition) is 5. The van der Waals surface area contributed by atoms with Gasteiger partial charge in [0.2, 0.25) is 5.82 Å². The van der Waals surface area contributed by atoms with Crippen LogP contribution in [-0.2, 0) is 4.79 Å². The lowest BCUT2D eigenvalue weighted by atomic mass is 10.3. The fourth-order valence-corrected chi connectivity index (χ4v) is 1.33. The molecule has 0 fully saturated rings. The molecule has 0 saturated carbocycles. The summed E-state index contributed by atoms with van der Waals surface area (Å²) >= 11 is 0. The minimum Gasteiger partial charge on any atom is -0.480 e. The molecule has 18 heavy (non-hydrogen) atoms. The van der Waals surface area contributed by atoms with Gasteiger partial charge in [0.05, 0.1) is 0 Å². The fourth-order valence-electron chi connectivity index (χ4n) is 1.33. The monoisotopic (exact) mass is 249 g/mol.